The number of carbonyl (C=O) groups excluding carboxylic acids is 1. The van der Waals surface area contributed by atoms with Gasteiger partial charge in [-0.3, -0.25) is 0 Å². The molecule has 1 heterocycles. The highest BCUT2D eigenvalue weighted by Gasteiger charge is 2.37. The van der Waals surface area contributed by atoms with Crippen LogP contribution in [0, 0.1) is 5.82 Å². The molecule has 8 heteroatoms. The lowest BCUT2D eigenvalue weighted by molar-refractivity contribution is 0.0186. The van der Waals surface area contributed by atoms with Crippen molar-refractivity contribution in [1.82, 2.24) is 4.90 Å². The van der Waals surface area contributed by atoms with Crippen molar-refractivity contribution in [2.24, 2.45) is 5.11 Å². The van der Waals surface area contributed by atoms with E-state index in [9.17, 15) is 9.18 Å². The summed E-state index contributed by atoms with van der Waals surface area (Å²) in [6.07, 6.45) is 0.0238. The SMILES string of the molecule is CC(C)(C)OC(=O)N1C[C@H](N=[N+]=[N-])C[C@@H]1COc1ccc(F)cc1. The van der Waals surface area contributed by atoms with Gasteiger partial charge in [0.2, 0.25) is 0 Å². The van der Waals surface area contributed by atoms with E-state index in [2.05, 4.69) is 10.0 Å². The van der Waals surface area contributed by atoms with Crippen LogP contribution in [0.3, 0.4) is 0 Å². The van der Waals surface area contributed by atoms with Crippen molar-refractivity contribution < 1.29 is 18.7 Å². The second kappa shape index (κ2) is 7.40. The molecule has 1 aliphatic heterocycles. The van der Waals surface area contributed by atoms with Gasteiger partial charge >= 0.3 is 6.09 Å². The topological polar surface area (TPSA) is 87.5 Å². The van der Waals surface area contributed by atoms with Crippen LogP contribution in [-0.4, -0.2) is 41.8 Å². The minimum Gasteiger partial charge on any atom is -0.491 e. The third-order valence-corrected chi connectivity index (χ3v) is 3.49. The summed E-state index contributed by atoms with van der Waals surface area (Å²) < 4.78 is 23.9. The van der Waals surface area contributed by atoms with Crippen molar-refractivity contribution in [3.8, 4) is 5.75 Å². The Hall–Kier alpha value is -2.47. The Bertz CT molecular complexity index is 623. The van der Waals surface area contributed by atoms with Gasteiger partial charge in [-0.15, -0.1) is 0 Å². The minimum absolute atomic E-state index is 0.211. The zero-order valence-electron chi connectivity index (χ0n) is 14.0. The van der Waals surface area contributed by atoms with Gasteiger partial charge in [0.05, 0.1) is 12.1 Å². The zero-order valence-corrected chi connectivity index (χ0v) is 14.0. The molecular formula is C16H21FN4O3. The molecule has 0 radical (unpaired) electrons. The summed E-state index contributed by atoms with van der Waals surface area (Å²) in [5, 5.41) is 3.70. The number of benzene rings is 1. The largest absolute Gasteiger partial charge is 0.491 e. The van der Waals surface area contributed by atoms with Crippen molar-refractivity contribution in [2.45, 2.75) is 44.9 Å². The fraction of sp³-hybridized carbons (Fsp3) is 0.562. The molecule has 1 amide bonds. The summed E-state index contributed by atoms with van der Waals surface area (Å²) in [7, 11) is 0. The molecule has 7 nitrogen and oxygen atoms in total. The Morgan fingerprint density at radius 1 is 1.42 bits per heavy atom. The van der Waals surface area contributed by atoms with Crippen molar-refractivity contribution in [2.75, 3.05) is 13.2 Å². The Kier molecular flexibility index (Phi) is 5.51. The maximum Gasteiger partial charge on any atom is 0.410 e. The molecule has 0 spiro atoms. The van der Waals surface area contributed by atoms with E-state index >= 15 is 0 Å². The summed E-state index contributed by atoms with van der Waals surface area (Å²) in [5.74, 6) is 0.162. The van der Waals surface area contributed by atoms with Gasteiger partial charge in [0, 0.05) is 11.5 Å². The molecule has 0 bridgehead atoms. The molecule has 130 valence electrons. The van der Waals surface area contributed by atoms with Crippen molar-refractivity contribution >= 4 is 6.09 Å². The number of likely N-dealkylation sites (tertiary alicyclic amines) is 1. The standard InChI is InChI=1S/C16H21FN4O3/c1-16(2,3)24-15(22)21-9-12(19-20-18)8-13(21)10-23-14-6-4-11(17)5-7-14/h4-7,12-13H,8-10H2,1-3H3/t12-,13-/m1/s1. The molecule has 24 heavy (non-hydrogen) atoms. The number of amides is 1. The van der Waals surface area contributed by atoms with Gasteiger partial charge < -0.3 is 14.4 Å². The summed E-state index contributed by atoms with van der Waals surface area (Å²) >= 11 is 0. The van der Waals surface area contributed by atoms with Crippen LogP contribution in [0.15, 0.2) is 29.4 Å². The highest BCUT2D eigenvalue weighted by molar-refractivity contribution is 5.69. The molecule has 0 N–H and O–H groups in total. The summed E-state index contributed by atoms with van der Waals surface area (Å²) in [5.41, 5.74) is 8.00. The van der Waals surface area contributed by atoms with Crippen molar-refractivity contribution in [1.29, 1.82) is 0 Å². The molecular weight excluding hydrogens is 315 g/mol. The minimum atomic E-state index is -0.615. The van der Waals surface area contributed by atoms with Gasteiger partial charge in [-0.05, 0) is 57.0 Å². The van der Waals surface area contributed by atoms with Gasteiger partial charge in [0.15, 0.2) is 0 Å². The van der Waals surface area contributed by atoms with Crippen molar-refractivity contribution in [3.05, 3.63) is 40.5 Å². The normalized spacial score (nSPS) is 20.4. The predicted octanol–water partition coefficient (Wildman–Crippen LogP) is 3.89. The number of hydrogen-bond donors (Lipinski definition) is 0. The molecule has 0 unspecified atom stereocenters. The van der Waals surface area contributed by atoms with E-state index in [-0.39, 0.29) is 31.1 Å². The van der Waals surface area contributed by atoms with Gasteiger partial charge in [-0.2, -0.15) is 0 Å². The number of ether oxygens (including phenoxy) is 2. The Labute approximate surface area is 140 Å². The zero-order chi connectivity index (χ0) is 17.7. The molecule has 1 aliphatic rings. The number of halogens is 1. The quantitative estimate of drug-likeness (QED) is 0.474. The lowest BCUT2D eigenvalue weighted by Crippen LogP contribution is -2.42. The second-order valence-electron chi connectivity index (χ2n) is 6.65. The fourth-order valence-corrected chi connectivity index (χ4v) is 2.47. The van der Waals surface area contributed by atoms with Crippen LogP contribution in [0.2, 0.25) is 0 Å². The third kappa shape index (κ3) is 5.03. The van der Waals surface area contributed by atoms with Gasteiger partial charge in [0.1, 0.15) is 23.8 Å². The molecule has 0 aromatic heterocycles. The van der Waals surface area contributed by atoms with Crippen LogP contribution in [0.4, 0.5) is 9.18 Å². The molecule has 0 saturated carbocycles. The highest BCUT2D eigenvalue weighted by Crippen LogP contribution is 2.24. The predicted molar refractivity (Wildman–Crippen MR) is 86.2 cm³/mol. The molecule has 1 aromatic carbocycles. The highest BCUT2D eigenvalue weighted by atomic mass is 19.1. The number of nitrogens with zero attached hydrogens (tertiary/aromatic N) is 4. The Morgan fingerprint density at radius 3 is 2.67 bits per heavy atom. The number of azide groups is 1. The Morgan fingerprint density at radius 2 is 2.08 bits per heavy atom. The van der Waals surface area contributed by atoms with E-state index in [1.54, 1.807) is 20.8 Å². The maximum atomic E-state index is 12.9. The first-order valence-electron chi connectivity index (χ1n) is 7.70. The van der Waals surface area contributed by atoms with Gasteiger partial charge in [0.25, 0.3) is 0 Å². The first-order valence-corrected chi connectivity index (χ1v) is 7.70. The average molecular weight is 336 g/mol. The van der Waals surface area contributed by atoms with Crippen LogP contribution in [0.1, 0.15) is 27.2 Å². The summed E-state index contributed by atoms with van der Waals surface area (Å²) in [4.78, 5) is 16.7. The molecule has 2 atom stereocenters. The van der Waals surface area contributed by atoms with E-state index in [0.717, 1.165) is 0 Å². The molecule has 2 rings (SSSR count). The third-order valence-electron chi connectivity index (χ3n) is 3.49. The van der Waals surface area contributed by atoms with Crippen LogP contribution in [0.5, 0.6) is 5.75 Å². The smallest absolute Gasteiger partial charge is 0.410 e. The van der Waals surface area contributed by atoms with Crippen LogP contribution < -0.4 is 4.74 Å². The van der Waals surface area contributed by atoms with Crippen LogP contribution in [-0.2, 0) is 4.74 Å². The first-order chi connectivity index (χ1) is 11.3. The number of carbonyl (C=O) groups is 1. The monoisotopic (exact) mass is 336 g/mol. The molecule has 1 aromatic rings. The molecule has 1 fully saturated rings. The van der Waals surface area contributed by atoms with E-state index in [1.165, 1.54) is 29.2 Å². The lowest BCUT2D eigenvalue weighted by Gasteiger charge is -2.28. The summed E-state index contributed by atoms with van der Waals surface area (Å²) in [6, 6.07) is 5.06. The average Bonchev–Trinajstić information content (AvgIpc) is 2.88. The van der Waals surface area contributed by atoms with Gasteiger partial charge in [-0.25, -0.2) is 9.18 Å². The second-order valence-corrected chi connectivity index (χ2v) is 6.65. The van der Waals surface area contributed by atoms with Crippen LogP contribution in [0.25, 0.3) is 10.4 Å². The van der Waals surface area contributed by atoms with E-state index in [4.69, 9.17) is 15.0 Å². The summed E-state index contributed by atoms with van der Waals surface area (Å²) in [6.45, 7) is 5.86. The molecule has 0 aliphatic carbocycles. The Balaban J connectivity index is 2.04. The number of rotatable bonds is 4. The lowest BCUT2D eigenvalue weighted by atomic mass is 10.2. The molecule has 1 saturated heterocycles. The van der Waals surface area contributed by atoms with E-state index in [0.29, 0.717) is 12.2 Å². The van der Waals surface area contributed by atoms with Gasteiger partial charge in [-0.1, -0.05) is 5.11 Å². The van der Waals surface area contributed by atoms with Crippen LogP contribution >= 0.6 is 0 Å². The van der Waals surface area contributed by atoms with E-state index < -0.39 is 11.7 Å². The number of hydrogen-bond acceptors (Lipinski definition) is 4. The van der Waals surface area contributed by atoms with E-state index in [1.807, 2.05) is 0 Å². The first kappa shape index (κ1) is 17.9. The van der Waals surface area contributed by atoms with Crippen molar-refractivity contribution in [3.63, 3.8) is 0 Å². The fourth-order valence-electron chi connectivity index (χ4n) is 2.47. The maximum absolute atomic E-state index is 12.9.